The number of hydrogen-bond donors (Lipinski definition) is 2. The van der Waals surface area contributed by atoms with Gasteiger partial charge in [0.05, 0.1) is 0 Å². The Hall–Kier alpha value is -0.700. The Morgan fingerprint density at radius 2 is 1.90 bits per heavy atom. The van der Waals surface area contributed by atoms with Crippen molar-refractivity contribution in [1.29, 1.82) is 0 Å². The highest BCUT2D eigenvalue weighted by Crippen LogP contribution is 2.16. The van der Waals surface area contributed by atoms with E-state index in [0.29, 0.717) is 39.3 Å². The van der Waals surface area contributed by atoms with Crippen LogP contribution in [0.15, 0.2) is 0 Å². The second kappa shape index (κ2) is 8.67. The summed E-state index contributed by atoms with van der Waals surface area (Å²) in [4.78, 5) is 12.1. The third-order valence-electron chi connectivity index (χ3n) is 3.42. The van der Waals surface area contributed by atoms with Crippen molar-refractivity contribution in [2.24, 2.45) is 0 Å². The maximum absolute atomic E-state index is 12.8. The Labute approximate surface area is 128 Å². The molecule has 0 aromatic rings. The molecule has 2 N–H and O–H groups in total. The van der Waals surface area contributed by atoms with E-state index >= 15 is 0 Å². The van der Waals surface area contributed by atoms with Crippen LogP contribution in [0.5, 0.6) is 0 Å². The largest absolute Gasteiger partial charge is 0.355 e. The van der Waals surface area contributed by atoms with Gasteiger partial charge < -0.3 is 10.6 Å². The van der Waals surface area contributed by atoms with E-state index in [1.54, 1.807) is 0 Å². The van der Waals surface area contributed by atoms with Crippen LogP contribution < -0.4 is 10.6 Å². The summed E-state index contributed by atoms with van der Waals surface area (Å²) in [5.74, 6) is -0.235. The topological polar surface area (TPSA) is 81.8 Å². The molecule has 0 bridgehead atoms. The minimum atomic E-state index is -3.60. The van der Waals surface area contributed by atoms with Crippen molar-refractivity contribution < 1.29 is 13.2 Å². The van der Waals surface area contributed by atoms with Gasteiger partial charge in [0.1, 0.15) is 6.04 Å². The third kappa shape index (κ3) is 4.64. The monoisotopic (exact) mass is 320 g/mol. The molecule has 1 unspecified atom stereocenters. The van der Waals surface area contributed by atoms with Crippen molar-refractivity contribution in [3.8, 4) is 0 Å². The van der Waals surface area contributed by atoms with Crippen molar-refractivity contribution in [2.45, 2.75) is 39.7 Å². The standard InChI is InChI=1S/C13H28N4O3S/c1-4-8-16(9-5-2)21(19,20)17-10-7-14-11-12(17)13(18)15-6-3/h12,14H,4-11H2,1-3H3,(H,15,18). The van der Waals surface area contributed by atoms with E-state index in [1.807, 2.05) is 20.8 Å². The zero-order valence-electron chi connectivity index (χ0n) is 13.3. The average molecular weight is 320 g/mol. The molecule has 1 amide bonds. The van der Waals surface area contributed by atoms with Gasteiger partial charge in [-0.15, -0.1) is 0 Å². The predicted molar refractivity (Wildman–Crippen MR) is 83.1 cm³/mol. The van der Waals surface area contributed by atoms with Crippen molar-refractivity contribution in [1.82, 2.24) is 19.2 Å². The van der Waals surface area contributed by atoms with Crippen LogP contribution in [-0.4, -0.2) is 68.2 Å². The van der Waals surface area contributed by atoms with Crippen molar-refractivity contribution in [3.05, 3.63) is 0 Å². The first kappa shape index (κ1) is 18.3. The van der Waals surface area contributed by atoms with Gasteiger partial charge in [-0.25, -0.2) is 0 Å². The summed E-state index contributed by atoms with van der Waals surface area (Å²) in [6, 6.07) is -0.667. The molecule has 8 heteroatoms. The van der Waals surface area contributed by atoms with Gasteiger partial charge in [-0.05, 0) is 19.8 Å². The smallest absolute Gasteiger partial charge is 0.282 e. The minimum Gasteiger partial charge on any atom is -0.355 e. The SMILES string of the molecule is CCCN(CCC)S(=O)(=O)N1CCNCC1C(=O)NCC. The van der Waals surface area contributed by atoms with E-state index in [9.17, 15) is 13.2 Å². The molecule has 0 radical (unpaired) electrons. The normalized spacial score (nSPS) is 20.7. The lowest BCUT2D eigenvalue weighted by Gasteiger charge is -2.37. The summed E-state index contributed by atoms with van der Waals surface area (Å²) in [6.45, 7) is 8.47. The summed E-state index contributed by atoms with van der Waals surface area (Å²) in [6.07, 6.45) is 1.52. The van der Waals surface area contributed by atoms with Gasteiger partial charge in [-0.2, -0.15) is 17.0 Å². The van der Waals surface area contributed by atoms with Gasteiger partial charge in [-0.3, -0.25) is 4.79 Å². The summed E-state index contributed by atoms with van der Waals surface area (Å²) >= 11 is 0. The molecular formula is C13H28N4O3S. The molecule has 0 saturated carbocycles. The van der Waals surface area contributed by atoms with Gasteiger partial charge in [0.25, 0.3) is 10.2 Å². The Balaban J connectivity index is 2.97. The molecule has 0 spiro atoms. The van der Waals surface area contributed by atoms with Crippen molar-refractivity contribution in [2.75, 3.05) is 39.3 Å². The second-order valence-corrected chi connectivity index (χ2v) is 7.01. The number of carbonyl (C=O) groups excluding carboxylic acids is 1. The van der Waals surface area contributed by atoms with E-state index in [0.717, 1.165) is 12.8 Å². The van der Waals surface area contributed by atoms with Gasteiger partial charge in [0, 0.05) is 39.3 Å². The molecule has 1 rings (SSSR count). The predicted octanol–water partition coefficient (Wildman–Crippen LogP) is -0.237. The number of carbonyl (C=O) groups is 1. The number of nitrogens with one attached hydrogen (secondary N) is 2. The fraction of sp³-hybridized carbons (Fsp3) is 0.923. The van der Waals surface area contributed by atoms with Gasteiger partial charge in [-0.1, -0.05) is 13.8 Å². The highest BCUT2D eigenvalue weighted by molar-refractivity contribution is 7.86. The number of piperazine rings is 1. The molecule has 1 aliphatic rings. The molecule has 1 fully saturated rings. The van der Waals surface area contributed by atoms with E-state index in [2.05, 4.69) is 10.6 Å². The van der Waals surface area contributed by atoms with E-state index in [4.69, 9.17) is 0 Å². The number of amides is 1. The Morgan fingerprint density at radius 3 is 2.43 bits per heavy atom. The van der Waals surface area contributed by atoms with E-state index in [1.165, 1.54) is 8.61 Å². The molecule has 21 heavy (non-hydrogen) atoms. The third-order valence-corrected chi connectivity index (χ3v) is 5.46. The Kier molecular flexibility index (Phi) is 7.58. The molecule has 7 nitrogen and oxygen atoms in total. The maximum Gasteiger partial charge on any atom is 0.282 e. The fourth-order valence-corrected chi connectivity index (χ4v) is 4.40. The molecule has 0 aromatic heterocycles. The molecule has 0 aromatic carbocycles. The lowest BCUT2D eigenvalue weighted by molar-refractivity contribution is -0.125. The van der Waals surface area contributed by atoms with Gasteiger partial charge in [0.2, 0.25) is 5.91 Å². The molecule has 1 atom stereocenters. The molecule has 0 aliphatic carbocycles. The van der Waals surface area contributed by atoms with Crippen molar-refractivity contribution >= 4 is 16.1 Å². The highest BCUT2D eigenvalue weighted by atomic mass is 32.2. The summed E-state index contributed by atoms with van der Waals surface area (Å²) in [5.41, 5.74) is 0. The quantitative estimate of drug-likeness (QED) is 0.647. The zero-order chi connectivity index (χ0) is 15.9. The average Bonchev–Trinajstić information content (AvgIpc) is 2.47. The molecule has 124 valence electrons. The van der Waals surface area contributed by atoms with Crippen molar-refractivity contribution in [3.63, 3.8) is 0 Å². The molecule has 1 heterocycles. The summed E-state index contributed by atoms with van der Waals surface area (Å²) in [7, 11) is -3.60. The van der Waals surface area contributed by atoms with E-state index in [-0.39, 0.29) is 5.91 Å². The van der Waals surface area contributed by atoms with Crippen LogP contribution in [0, 0.1) is 0 Å². The van der Waals surface area contributed by atoms with Crippen LogP contribution in [0.25, 0.3) is 0 Å². The van der Waals surface area contributed by atoms with Crippen LogP contribution in [0.4, 0.5) is 0 Å². The van der Waals surface area contributed by atoms with Crippen LogP contribution >= 0.6 is 0 Å². The van der Waals surface area contributed by atoms with Crippen LogP contribution in [0.1, 0.15) is 33.6 Å². The summed E-state index contributed by atoms with van der Waals surface area (Å²) in [5, 5.41) is 5.81. The first-order chi connectivity index (χ1) is 9.98. The number of rotatable bonds is 8. The molecule has 1 saturated heterocycles. The van der Waals surface area contributed by atoms with Crippen LogP contribution in [-0.2, 0) is 15.0 Å². The maximum atomic E-state index is 12.8. The number of nitrogens with zero attached hydrogens (tertiary/aromatic N) is 2. The van der Waals surface area contributed by atoms with E-state index < -0.39 is 16.3 Å². The van der Waals surface area contributed by atoms with Crippen LogP contribution in [0.2, 0.25) is 0 Å². The second-order valence-electron chi connectivity index (χ2n) is 5.13. The van der Waals surface area contributed by atoms with Gasteiger partial charge in [0.15, 0.2) is 0 Å². The number of likely N-dealkylation sites (N-methyl/N-ethyl adjacent to an activating group) is 1. The minimum absolute atomic E-state index is 0.235. The first-order valence-electron chi connectivity index (χ1n) is 7.74. The van der Waals surface area contributed by atoms with Gasteiger partial charge >= 0.3 is 0 Å². The fourth-order valence-electron chi connectivity index (χ4n) is 2.47. The summed E-state index contributed by atoms with van der Waals surface area (Å²) < 4.78 is 28.5. The Morgan fingerprint density at radius 1 is 1.29 bits per heavy atom. The highest BCUT2D eigenvalue weighted by Gasteiger charge is 2.39. The lowest BCUT2D eigenvalue weighted by Crippen LogP contribution is -2.62. The first-order valence-corrected chi connectivity index (χ1v) is 9.14. The van der Waals surface area contributed by atoms with Crippen LogP contribution in [0.3, 0.4) is 0 Å². The molecule has 1 aliphatic heterocycles. The molecular weight excluding hydrogens is 292 g/mol. The zero-order valence-corrected chi connectivity index (χ0v) is 14.1. The number of hydrogen-bond acceptors (Lipinski definition) is 4. The Bertz CT molecular complexity index is 421. The lowest BCUT2D eigenvalue weighted by atomic mass is 10.2.